The molecule has 132 valence electrons. The number of rotatable bonds is 5. The van der Waals surface area contributed by atoms with Crippen LogP contribution in [0.1, 0.15) is 32.8 Å². The van der Waals surface area contributed by atoms with E-state index in [0.717, 1.165) is 26.1 Å². The molecule has 1 fully saturated rings. The molecule has 1 aromatic carbocycles. The average Bonchev–Trinajstić information content (AvgIpc) is 2.48. The molecule has 1 heterocycles. The number of benzene rings is 1. The predicted octanol–water partition coefficient (Wildman–Crippen LogP) is 3.62. The Morgan fingerprint density at radius 3 is 2.43 bits per heavy atom. The van der Waals surface area contributed by atoms with Crippen LogP contribution in [0.25, 0.3) is 0 Å². The number of nitrogens with zero attached hydrogens (tertiary/aromatic N) is 1. The molecule has 1 aromatic rings. The third kappa shape index (κ3) is 4.89. The van der Waals surface area contributed by atoms with Crippen LogP contribution in [0.3, 0.4) is 0 Å². The number of piperidine rings is 1. The first kappa shape index (κ1) is 18.7. The molecule has 1 saturated heterocycles. The van der Waals surface area contributed by atoms with E-state index in [1.165, 1.54) is 5.56 Å². The summed E-state index contributed by atoms with van der Waals surface area (Å²) < 4.78 is 6.63. The fourth-order valence-corrected chi connectivity index (χ4v) is 4.71. The second-order valence-electron chi connectivity index (χ2n) is 8.74. The fourth-order valence-electron chi connectivity index (χ4n) is 3.07. The molecule has 3 nitrogen and oxygen atoms in total. The minimum atomic E-state index is -2.09. The van der Waals surface area contributed by atoms with Gasteiger partial charge in [0, 0.05) is 0 Å². The molecule has 0 amide bonds. The standard InChI is InChI=1S/C19H34NO2Si/c1-19(2,3)23(4,5)22-18-11-12-20(14-17(18)15-21)13-16-9-7-6-8-10-16/h6-10,17-18,21,23H,11-15H2,1-5H3/q-1/t17-,18+/m1/s1. The zero-order valence-electron chi connectivity index (χ0n) is 15.5. The van der Waals surface area contributed by atoms with Crippen LogP contribution in [0.2, 0.25) is 18.1 Å². The zero-order chi connectivity index (χ0) is 17.1. The second-order valence-corrected chi connectivity index (χ2v) is 14.2. The number of hydrogen-bond donors (Lipinski definition) is 1. The number of likely N-dealkylation sites (tertiary alicyclic amines) is 1. The molecule has 0 aromatic heterocycles. The molecule has 4 heteroatoms. The molecule has 23 heavy (non-hydrogen) atoms. The van der Waals surface area contributed by atoms with Crippen molar-refractivity contribution in [2.24, 2.45) is 5.92 Å². The van der Waals surface area contributed by atoms with Crippen LogP contribution in [0.15, 0.2) is 30.3 Å². The summed E-state index contributed by atoms with van der Waals surface area (Å²) in [6, 6.07) is 10.6. The van der Waals surface area contributed by atoms with Crippen molar-refractivity contribution in [1.29, 1.82) is 0 Å². The summed E-state index contributed by atoms with van der Waals surface area (Å²) >= 11 is 0. The van der Waals surface area contributed by atoms with Crippen molar-refractivity contribution in [3.63, 3.8) is 0 Å². The number of aliphatic hydroxyl groups excluding tert-OH is 1. The summed E-state index contributed by atoms with van der Waals surface area (Å²) in [4.78, 5) is 2.45. The van der Waals surface area contributed by atoms with E-state index in [2.05, 4.69) is 69.1 Å². The van der Waals surface area contributed by atoms with E-state index in [-0.39, 0.29) is 23.7 Å². The monoisotopic (exact) mass is 336 g/mol. The van der Waals surface area contributed by atoms with Crippen LogP contribution in [0, 0.1) is 5.92 Å². The van der Waals surface area contributed by atoms with Gasteiger partial charge in [-0.2, -0.15) is 0 Å². The third-order valence-corrected chi connectivity index (χ3v) is 11.0. The van der Waals surface area contributed by atoms with Crippen molar-refractivity contribution >= 4 is 8.32 Å². The van der Waals surface area contributed by atoms with Gasteiger partial charge < -0.3 is 0 Å². The molecular weight excluding hydrogens is 302 g/mol. The van der Waals surface area contributed by atoms with E-state index < -0.39 is 8.32 Å². The van der Waals surface area contributed by atoms with Crippen molar-refractivity contribution in [3.8, 4) is 0 Å². The number of aliphatic hydroxyl groups is 1. The first-order valence-electron chi connectivity index (χ1n) is 9.00. The Morgan fingerprint density at radius 2 is 1.87 bits per heavy atom. The summed E-state index contributed by atoms with van der Waals surface area (Å²) in [5.41, 5.74) is 1.34. The summed E-state index contributed by atoms with van der Waals surface area (Å²) in [7, 11) is -2.09. The maximum absolute atomic E-state index is 9.86. The molecule has 0 saturated carbocycles. The summed E-state index contributed by atoms with van der Waals surface area (Å²) in [6.07, 6.45) is 1.24. The SMILES string of the molecule is CC(C)(C)[SiH-](C)(C)O[C@H]1CCN(Cc2ccccc2)C[C@@H]1CO. The van der Waals surface area contributed by atoms with Crippen LogP contribution in [0.4, 0.5) is 0 Å². The predicted molar refractivity (Wildman–Crippen MR) is 100 cm³/mol. The van der Waals surface area contributed by atoms with Gasteiger partial charge in [0.05, 0.1) is 0 Å². The van der Waals surface area contributed by atoms with E-state index in [4.69, 9.17) is 4.43 Å². The van der Waals surface area contributed by atoms with E-state index in [1.54, 1.807) is 0 Å². The molecular formula is C19H34NO2Si-. The van der Waals surface area contributed by atoms with Gasteiger partial charge in [-0.05, 0) is 0 Å². The van der Waals surface area contributed by atoms with E-state index in [0.29, 0.717) is 0 Å². The van der Waals surface area contributed by atoms with Gasteiger partial charge in [0.2, 0.25) is 0 Å². The van der Waals surface area contributed by atoms with Crippen molar-refractivity contribution in [2.45, 2.75) is 58.0 Å². The summed E-state index contributed by atoms with van der Waals surface area (Å²) in [6.45, 7) is 14.7. The Hall–Kier alpha value is -0.683. The Morgan fingerprint density at radius 1 is 1.22 bits per heavy atom. The Balaban J connectivity index is 1.96. The van der Waals surface area contributed by atoms with Gasteiger partial charge in [0.25, 0.3) is 0 Å². The fraction of sp³-hybridized carbons (Fsp3) is 0.684. The first-order valence-corrected chi connectivity index (χ1v) is 12.4. The maximum atomic E-state index is 9.86. The van der Waals surface area contributed by atoms with Gasteiger partial charge in [-0.3, -0.25) is 0 Å². The van der Waals surface area contributed by atoms with Crippen molar-refractivity contribution in [1.82, 2.24) is 4.90 Å². The Kier molecular flexibility index (Phi) is 6.06. The normalized spacial score (nSPS) is 24.6. The Bertz CT molecular complexity index is 484. The molecule has 1 N–H and O–H groups in total. The van der Waals surface area contributed by atoms with Crippen LogP contribution in [0.5, 0.6) is 0 Å². The van der Waals surface area contributed by atoms with E-state index in [1.807, 2.05) is 0 Å². The van der Waals surface area contributed by atoms with Gasteiger partial charge in [-0.25, -0.2) is 0 Å². The van der Waals surface area contributed by atoms with Gasteiger partial charge in [0.1, 0.15) is 0 Å². The van der Waals surface area contributed by atoms with Gasteiger partial charge in [0.15, 0.2) is 0 Å². The summed E-state index contributed by atoms with van der Waals surface area (Å²) in [5.74, 6) is 0.231. The first-order chi connectivity index (χ1) is 10.7. The Labute approximate surface area is 142 Å². The second kappa shape index (κ2) is 7.47. The van der Waals surface area contributed by atoms with Crippen LogP contribution < -0.4 is 0 Å². The minimum absolute atomic E-state index is 0.214. The van der Waals surface area contributed by atoms with Crippen molar-refractivity contribution in [3.05, 3.63) is 35.9 Å². The zero-order valence-corrected chi connectivity index (χ0v) is 16.6. The van der Waals surface area contributed by atoms with Crippen LogP contribution in [-0.2, 0) is 11.0 Å². The molecule has 2 rings (SSSR count). The quantitative estimate of drug-likeness (QED) is 0.834. The van der Waals surface area contributed by atoms with Crippen molar-refractivity contribution < 1.29 is 9.53 Å². The molecule has 0 bridgehead atoms. The molecule has 1 aliphatic rings. The van der Waals surface area contributed by atoms with Gasteiger partial charge >= 0.3 is 142 Å². The number of hydrogen-bond acceptors (Lipinski definition) is 3. The summed E-state index contributed by atoms with van der Waals surface area (Å²) in [5, 5.41) is 10.1. The molecule has 1 aliphatic heterocycles. The molecule has 0 spiro atoms. The molecule has 2 atom stereocenters. The van der Waals surface area contributed by atoms with Gasteiger partial charge in [-0.15, -0.1) is 0 Å². The van der Waals surface area contributed by atoms with Gasteiger partial charge in [-0.1, -0.05) is 0 Å². The molecule has 0 unspecified atom stereocenters. The van der Waals surface area contributed by atoms with E-state index in [9.17, 15) is 5.11 Å². The molecule has 0 radical (unpaired) electrons. The van der Waals surface area contributed by atoms with Crippen LogP contribution >= 0.6 is 0 Å². The third-order valence-electron chi connectivity index (χ3n) is 5.83. The van der Waals surface area contributed by atoms with E-state index >= 15 is 0 Å². The topological polar surface area (TPSA) is 32.7 Å². The van der Waals surface area contributed by atoms with Crippen molar-refractivity contribution in [2.75, 3.05) is 19.7 Å². The average molecular weight is 337 g/mol. The van der Waals surface area contributed by atoms with Crippen LogP contribution in [-0.4, -0.2) is 44.1 Å². The molecule has 0 aliphatic carbocycles.